The maximum atomic E-state index is 7.13. The standard InChI is InChI=1S/C40H48Cl2OSi/c1-31(32-13-7-4-8-14-32)29-39(33-15-9-5-10-16-33)43-30-40(2,34-17-11-6-12-18-34)27-28-44(3,37-23-19-35(41)20-24-37)38-25-21-36(42)22-26-38/h4-5,7-10,13-16,19-26,31,34,39H,6,11-12,17-18,27-30H2,1-3H3. The fraction of sp³-hybridized carbons (Fsp3) is 0.400. The molecule has 0 aliphatic heterocycles. The maximum Gasteiger partial charge on any atom is 0.115 e. The van der Waals surface area contributed by atoms with Crippen molar-refractivity contribution in [2.45, 2.75) is 83.4 Å². The van der Waals surface area contributed by atoms with E-state index < -0.39 is 8.07 Å². The highest BCUT2D eigenvalue weighted by Crippen LogP contribution is 2.44. The Morgan fingerprint density at radius 1 is 0.727 bits per heavy atom. The summed E-state index contributed by atoms with van der Waals surface area (Å²) in [5.41, 5.74) is 2.75. The average Bonchev–Trinajstić information content (AvgIpc) is 3.07. The van der Waals surface area contributed by atoms with Gasteiger partial charge in [-0.2, -0.15) is 0 Å². The molecule has 0 bridgehead atoms. The van der Waals surface area contributed by atoms with E-state index in [1.54, 1.807) is 0 Å². The fourth-order valence-corrected chi connectivity index (χ4v) is 11.4. The quantitative estimate of drug-likeness (QED) is 0.132. The van der Waals surface area contributed by atoms with E-state index in [0.29, 0.717) is 11.8 Å². The number of halogens is 2. The summed E-state index contributed by atoms with van der Waals surface area (Å²) in [6, 6.07) is 40.2. The minimum Gasteiger partial charge on any atom is -0.373 e. The summed E-state index contributed by atoms with van der Waals surface area (Å²) in [6.07, 6.45) is 8.79. The lowest BCUT2D eigenvalue weighted by molar-refractivity contribution is -0.0431. The summed E-state index contributed by atoms with van der Waals surface area (Å²) < 4.78 is 7.13. The highest BCUT2D eigenvalue weighted by atomic mass is 35.5. The summed E-state index contributed by atoms with van der Waals surface area (Å²) in [7, 11) is -2.08. The van der Waals surface area contributed by atoms with Gasteiger partial charge < -0.3 is 4.74 Å². The summed E-state index contributed by atoms with van der Waals surface area (Å²) in [5, 5.41) is 4.43. The van der Waals surface area contributed by atoms with Gasteiger partial charge in [-0.25, -0.2) is 0 Å². The summed E-state index contributed by atoms with van der Waals surface area (Å²) >= 11 is 12.7. The SMILES string of the molecule is CC(CC(OCC(C)(CC[Si](C)(c1ccc(Cl)cc1)c1ccc(Cl)cc1)C1CCCCC1)c1ccccc1)c1ccccc1. The second-order valence-corrected chi connectivity index (χ2v) is 18.8. The predicted molar refractivity (Wildman–Crippen MR) is 193 cm³/mol. The van der Waals surface area contributed by atoms with Crippen molar-refractivity contribution in [2.24, 2.45) is 11.3 Å². The topological polar surface area (TPSA) is 9.23 Å². The van der Waals surface area contributed by atoms with E-state index in [-0.39, 0.29) is 11.5 Å². The van der Waals surface area contributed by atoms with Crippen LogP contribution in [0.2, 0.25) is 22.6 Å². The molecule has 0 heterocycles. The molecule has 0 spiro atoms. The molecule has 4 aromatic rings. The van der Waals surface area contributed by atoms with E-state index in [4.69, 9.17) is 27.9 Å². The van der Waals surface area contributed by atoms with E-state index in [1.807, 2.05) is 0 Å². The molecule has 44 heavy (non-hydrogen) atoms. The van der Waals surface area contributed by atoms with Crippen LogP contribution < -0.4 is 10.4 Å². The van der Waals surface area contributed by atoms with Gasteiger partial charge in [-0.15, -0.1) is 0 Å². The summed E-state index contributed by atoms with van der Waals surface area (Å²) in [5.74, 6) is 1.08. The summed E-state index contributed by atoms with van der Waals surface area (Å²) in [4.78, 5) is 0. The first-order valence-corrected chi connectivity index (χ1v) is 20.0. The molecule has 0 N–H and O–H groups in total. The van der Waals surface area contributed by atoms with Crippen molar-refractivity contribution in [3.05, 3.63) is 130 Å². The second kappa shape index (κ2) is 15.3. The molecule has 3 atom stereocenters. The van der Waals surface area contributed by atoms with Gasteiger partial charge in [0.1, 0.15) is 8.07 Å². The van der Waals surface area contributed by atoms with Crippen molar-refractivity contribution in [1.82, 2.24) is 0 Å². The van der Waals surface area contributed by atoms with E-state index in [0.717, 1.165) is 35.5 Å². The fourth-order valence-electron chi connectivity index (χ4n) is 7.32. The zero-order valence-electron chi connectivity index (χ0n) is 26.7. The van der Waals surface area contributed by atoms with Crippen LogP contribution in [-0.4, -0.2) is 14.7 Å². The molecule has 5 rings (SSSR count). The first-order valence-electron chi connectivity index (χ1n) is 16.5. The lowest BCUT2D eigenvalue weighted by Gasteiger charge is -2.43. The van der Waals surface area contributed by atoms with Gasteiger partial charge in [-0.1, -0.05) is 158 Å². The van der Waals surface area contributed by atoms with Gasteiger partial charge in [0, 0.05) is 10.0 Å². The third-order valence-corrected chi connectivity index (χ3v) is 15.4. The van der Waals surface area contributed by atoms with Gasteiger partial charge >= 0.3 is 0 Å². The largest absolute Gasteiger partial charge is 0.373 e. The molecule has 0 amide bonds. The average molecular weight is 644 g/mol. The van der Waals surface area contributed by atoms with E-state index in [2.05, 4.69) is 130 Å². The van der Waals surface area contributed by atoms with Crippen LogP contribution in [0, 0.1) is 11.3 Å². The molecule has 0 radical (unpaired) electrons. The van der Waals surface area contributed by atoms with Crippen molar-refractivity contribution in [2.75, 3.05) is 6.61 Å². The zero-order chi connectivity index (χ0) is 31.0. The molecule has 232 valence electrons. The van der Waals surface area contributed by atoms with Crippen LogP contribution in [0.25, 0.3) is 0 Å². The molecule has 1 aliphatic carbocycles. The van der Waals surface area contributed by atoms with Crippen LogP contribution in [0.15, 0.2) is 109 Å². The van der Waals surface area contributed by atoms with E-state index in [1.165, 1.54) is 53.6 Å². The van der Waals surface area contributed by atoms with Crippen molar-refractivity contribution in [3.63, 3.8) is 0 Å². The van der Waals surface area contributed by atoms with Gasteiger partial charge in [0.2, 0.25) is 0 Å². The minimum atomic E-state index is -2.08. The van der Waals surface area contributed by atoms with Crippen molar-refractivity contribution < 1.29 is 4.74 Å². The van der Waals surface area contributed by atoms with Gasteiger partial charge in [-0.05, 0) is 84.4 Å². The number of ether oxygens (including phenoxy) is 1. The highest BCUT2D eigenvalue weighted by Gasteiger charge is 2.40. The molecule has 3 unspecified atom stereocenters. The first-order chi connectivity index (χ1) is 21.3. The maximum absolute atomic E-state index is 7.13. The van der Waals surface area contributed by atoms with Crippen LogP contribution in [0.3, 0.4) is 0 Å². The van der Waals surface area contributed by atoms with Crippen LogP contribution >= 0.6 is 23.2 Å². The van der Waals surface area contributed by atoms with E-state index >= 15 is 0 Å². The van der Waals surface area contributed by atoms with Crippen molar-refractivity contribution in [1.29, 1.82) is 0 Å². The Morgan fingerprint density at radius 2 is 1.23 bits per heavy atom. The smallest absolute Gasteiger partial charge is 0.115 e. The Labute approximate surface area is 277 Å². The van der Waals surface area contributed by atoms with Gasteiger partial charge in [0.15, 0.2) is 0 Å². The number of hydrogen-bond donors (Lipinski definition) is 0. The Morgan fingerprint density at radius 3 is 1.75 bits per heavy atom. The number of benzene rings is 4. The Balaban J connectivity index is 1.42. The molecule has 0 saturated heterocycles. The number of rotatable bonds is 13. The molecule has 4 aromatic carbocycles. The highest BCUT2D eigenvalue weighted by molar-refractivity contribution is 7.01. The van der Waals surface area contributed by atoms with Crippen molar-refractivity contribution in [3.8, 4) is 0 Å². The monoisotopic (exact) mass is 642 g/mol. The van der Waals surface area contributed by atoms with Crippen LogP contribution in [0.4, 0.5) is 0 Å². The molecule has 1 aliphatic rings. The Bertz CT molecular complexity index is 1370. The lowest BCUT2D eigenvalue weighted by atomic mass is 9.69. The predicted octanol–water partition coefficient (Wildman–Crippen LogP) is 11.1. The molecule has 1 nitrogen and oxygen atoms in total. The number of hydrogen-bond acceptors (Lipinski definition) is 1. The van der Waals surface area contributed by atoms with Gasteiger partial charge in [-0.3, -0.25) is 0 Å². The van der Waals surface area contributed by atoms with Crippen LogP contribution in [0.5, 0.6) is 0 Å². The molecule has 0 aromatic heterocycles. The molecular formula is C40H48Cl2OSi. The van der Waals surface area contributed by atoms with Crippen molar-refractivity contribution >= 4 is 41.6 Å². The zero-order valence-corrected chi connectivity index (χ0v) is 29.2. The third-order valence-electron chi connectivity index (χ3n) is 10.5. The summed E-state index contributed by atoms with van der Waals surface area (Å²) in [6.45, 7) is 8.18. The van der Waals surface area contributed by atoms with Gasteiger partial charge in [0.25, 0.3) is 0 Å². The van der Waals surface area contributed by atoms with Gasteiger partial charge in [0.05, 0.1) is 12.7 Å². The second-order valence-electron chi connectivity index (χ2n) is 13.6. The van der Waals surface area contributed by atoms with Crippen LogP contribution in [-0.2, 0) is 4.74 Å². The molecule has 1 fully saturated rings. The van der Waals surface area contributed by atoms with E-state index in [9.17, 15) is 0 Å². The molecule has 1 saturated carbocycles. The molecule has 4 heteroatoms. The lowest BCUT2D eigenvalue weighted by Crippen LogP contribution is -2.56. The minimum absolute atomic E-state index is 0.0606. The normalized spacial score (nSPS) is 17.1. The Hall–Kier alpha value is -2.36. The van der Waals surface area contributed by atoms with Crippen LogP contribution in [0.1, 0.15) is 81.9 Å². The molecular weight excluding hydrogens is 595 g/mol. The first kappa shape index (κ1) is 33.0. The third kappa shape index (κ3) is 8.26. The Kier molecular flexibility index (Phi) is 11.5.